The van der Waals surface area contributed by atoms with Crippen LogP contribution in [0.25, 0.3) is 0 Å². The molecule has 0 spiro atoms. The standard InChI is InChI=1S/C15H16FNO2/c1-19-15-8-12(4-7-14(15)18)10-17-9-11-2-5-13(16)6-3-11/h2-8,17-18H,9-10H2,1H3. The molecule has 2 rings (SSSR count). The molecule has 0 amide bonds. The molecule has 0 bridgehead atoms. The quantitative estimate of drug-likeness (QED) is 0.869. The van der Waals surface area contributed by atoms with Crippen LogP contribution in [0.1, 0.15) is 11.1 Å². The highest BCUT2D eigenvalue weighted by atomic mass is 19.1. The summed E-state index contributed by atoms with van der Waals surface area (Å²) in [5, 5.41) is 12.7. The molecule has 0 heterocycles. The van der Waals surface area contributed by atoms with Crippen LogP contribution in [-0.2, 0) is 13.1 Å². The van der Waals surface area contributed by atoms with Gasteiger partial charge in [0.15, 0.2) is 11.5 Å². The molecule has 0 saturated heterocycles. The number of ether oxygens (including phenoxy) is 1. The summed E-state index contributed by atoms with van der Waals surface area (Å²) in [5.74, 6) is 0.359. The van der Waals surface area contributed by atoms with E-state index in [4.69, 9.17) is 4.74 Å². The first-order chi connectivity index (χ1) is 9.19. The highest BCUT2D eigenvalue weighted by Crippen LogP contribution is 2.26. The molecule has 0 unspecified atom stereocenters. The van der Waals surface area contributed by atoms with Gasteiger partial charge in [0.2, 0.25) is 0 Å². The number of benzene rings is 2. The topological polar surface area (TPSA) is 41.5 Å². The summed E-state index contributed by atoms with van der Waals surface area (Å²) in [4.78, 5) is 0. The number of halogens is 1. The second-order valence-corrected chi connectivity index (χ2v) is 4.24. The summed E-state index contributed by atoms with van der Waals surface area (Å²) in [6.07, 6.45) is 0. The highest BCUT2D eigenvalue weighted by molar-refractivity contribution is 5.41. The van der Waals surface area contributed by atoms with Crippen molar-refractivity contribution in [2.45, 2.75) is 13.1 Å². The first-order valence-corrected chi connectivity index (χ1v) is 6.00. The number of methoxy groups -OCH3 is 1. The second-order valence-electron chi connectivity index (χ2n) is 4.24. The molecule has 0 aliphatic rings. The number of phenols is 1. The maximum atomic E-state index is 12.7. The normalized spacial score (nSPS) is 10.4. The first-order valence-electron chi connectivity index (χ1n) is 6.00. The fraction of sp³-hybridized carbons (Fsp3) is 0.200. The van der Waals surface area contributed by atoms with Crippen molar-refractivity contribution in [1.29, 1.82) is 0 Å². The largest absolute Gasteiger partial charge is 0.504 e. The van der Waals surface area contributed by atoms with Crippen LogP contribution in [0, 0.1) is 5.82 Å². The molecule has 0 radical (unpaired) electrons. The van der Waals surface area contributed by atoms with Crippen molar-refractivity contribution in [1.82, 2.24) is 5.32 Å². The van der Waals surface area contributed by atoms with Crippen LogP contribution in [0.15, 0.2) is 42.5 Å². The first kappa shape index (κ1) is 13.4. The molecule has 19 heavy (non-hydrogen) atoms. The third-order valence-electron chi connectivity index (χ3n) is 2.82. The van der Waals surface area contributed by atoms with Gasteiger partial charge in [-0.2, -0.15) is 0 Å². The maximum absolute atomic E-state index is 12.7. The number of aromatic hydroxyl groups is 1. The number of nitrogens with one attached hydrogen (secondary N) is 1. The van der Waals surface area contributed by atoms with Crippen LogP contribution >= 0.6 is 0 Å². The van der Waals surface area contributed by atoms with Gasteiger partial charge in [-0.05, 0) is 35.4 Å². The van der Waals surface area contributed by atoms with Crippen molar-refractivity contribution in [2.24, 2.45) is 0 Å². The highest BCUT2D eigenvalue weighted by Gasteiger charge is 2.02. The fourth-order valence-electron chi connectivity index (χ4n) is 1.79. The van der Waals surface area contributed by atoms with Crippen molar-refractivity contribution >= 4 is 0 Å². The fourth-order valence-corrected chi connectivity index (χ4v) is 1.79. The van der Waals surface area contributed by atoms with E-state index in [0.29, 0.717) is 18.8 Å². The van der Waals surface area contributed by atoms with E-state index in [1.165, 1.54) is 19.2 Å². The Bertz CT molecular complexity index is 540. The van der Waals surface area contributed by atoms with Gasteiger partial charge in [-0.1, -0.05) is 18.2 Å². The average molecular weight is 261 g/mol. The predicted octanol–water partition coefficient (Wildman–Crippen LogP) is 2.83. The van der Waals surface area contributed by atoms with E-state index in [2.05, 4.69) is 5.32 Å². The average Bonchev–Trinajstić information content (AvgIpc) is 2.43. The lowest BCUT2D eigenvalue weighted by Crippen LogP contribution is -2.12. The Morgan fingerprint density at radius 2 is 1.68 bits per heavy atom. The number of rotatable bonds is 5. The van der Waals surface area contributed by atoms with Crippen LogP contribution in [0.4, 0.5) is 4.39 Å². The van der Waals surface area contributed by atoms with Gasteiger partial charge in [0, 0.05) is 13.1 Å². The monoisotopic (exact) mass is 261 g/mol. The predicted molar refractivity (Wildman–Crippen MR) is 71.6 cm³/mol. The lowest BCUT2D eigenvalue weighted by atomic mass is 10.2. The Morgan fingerprint density at radius 3 is 2.37 bits per heavy atom. The molecule has 0 atom stereocenters. The smallest absolute Gasteiger partial charge is 0.160 e. The SMILES string of the molecule is COc1cc(CNCc2ccc(F)cc2)ccc1O. The molecule has 0 aliphatic carbocycles. The van der Waals surface area contributed by atoms with Crippen molar-refractivity contribution in [3.8, 4) is 11.5 Å². The Labute approximate surface area is 111 Å². The van der Waals surface area contributed by atoms with Gasteiger partial charge in [-0.25, -0.2) is 4.39 Å². The molecular weight excluding hydrogens is 245 g/mol. The van der Waals surface area contributed by atoms with E-state index in [1.807, 2.05) is 6.07 Å². The zero-order valence-corrected chi connectivity index (χ0v) is 10.7. The van der Waals surface area contributed by atoms with E-state index in [0.717, 1.165) is 11.1 Å². The second kappa shape index (κ2) is 6.20. The molecule has 0 aromatic heterocycles. The summed E-state index contributed by atoms with van der Waals surface area (Å²) in [5.41, 5.74) is 2.03. The Kier molecular flexibility index (Phi) is 4.36. The van der Waals surface area contributed by atoms with E-state index >= 15 is 0 Å². The minimum Gasteiger partial charge on any atom is -0.504 e. The van der Waals surface area contributed by atoms with E-state index in [1.54, 1.807) is 24.3 Å². The van der Waals surface area contributed by atoms with Crippen LogP contribution in [-0.4, -0.2) is 12.2 Å². The van der Waals surface area contributed by atoms with Crippen LogP contribution in [0.2, 0.25) is 0 Å². The van der Waals surface area contributed by atoms with E-state index < -0.39 is 0 Å². The third-order valence-corrected chi connectivity index (χ3v) is 2.82. The van der Waals surface area contributed by atoms with Gasteiger partial charge >= 0.3 is 0 Å². The van der Waals surface area contributed by atoms with Gasteiger partial charge < -0.3 is 15.2 Å². The lowest BCUT2D eigenvalue weighted by Gasteiger charge is -2.08. The molecule has 2 N–H and O–H groups in total. The lowest BCUT2D eigenvalue weighted by molar-refractivity contribution is 0.373. The Balaban J connectivity index is 1.90. The van der Waals surface area contributed by atoms with Gasteiger partial charge in [0.1, 0.15) is 5.82 Å². The van der Waals surface area contributed by atoms with Crippen LogP contribution in [0.3, 0.4) is 0 Å². The zero-order chi connectivity index (χ0) is 13.7. The van der Waals surface area contributed by atoms with Crippen molar-refractivity contribution < 1.29 is 14.2 Å². The van der Waals surface area contributed by atoms with Crippen molar-refractivity contribution in [3.05, 3.63) is 59.4 Å². The molecule has 4 heteroatoms. The molecule has 2 aromatic rings. The number of hydrogen-bond acceptors (Lipinski definition) is 3. The molecular formula is C15H16FNO2. The van der Waals surface area contributed by atoms with Crippen LogP contribution < -0.4 is 10.1 Å². The van der Waals surface area contributed by atoms with Gasteiger partial charge in [0.25, 0.3) is 0 Å². The Morgan fingerprint density at radius 1 is 1.05 bits per heavy atom. The Hall–Kier alpha value is -2.07. The summed E-state index contributed by atoms with van der Waals surface area (Å²) in [6.45, 7) is 1.30. The number of phenolic OH excluding ortho intramolecular Hbond substituents is 1. The van der Waals surface area contributed by atoms with Gasteiger partial charge in [0.05, 0.1) is 7.11 Å². The zero-order valence-electron chi connectivity index (χ0n) is 10.7. The van der Waals surface area contributed by atoms with Gasteiger partial charge in [-0.15, -0.1) is 0 Å². The minimum atomic E-state index is -0.230. The maximum Gasteiger partial charge on any atom is 0.160 e. The third kappa shape index (κ3) is 3.69. The van der Waals surface area contributed by atoms with E-state index in [-0.39, 0.29) is 11.6 Å². The van der Waals surface area contributed by atoms with Crippen molar-refractivity contribution in [3.63, 3.8) is 0 Å². The molecule has 2 aromatic carbocycles. The molecule has 0 aliphatic heterocycles. The number of hydrogen-bond donors (Lipinski definition) is 2. The molecule has 0 saturated carbocycles. The minimum absolute atomic E-state index is 0.129. The summed E-state index contributed by atoms with van der Waals surface area (Å²) < 4.78 is 17.8. The van der Waals surface area contributed by atoms with Crippen molar-refractivity contribution in [2.75, 3.05) is 7.11 Å². The molecule has 0 fully saturated rings. The molecule has 3 nitrogen and oxygen atoms in total. The van der Waals surface area contributed by atoms with Gasteiger partial charge in [-0.3, -0.25) is 0 Å². The summed E-state index contributed by atoms with van der Waals surface area (Å²) >= 11 is 0. The molecule has 100 valence electrons. The van der Waals surface area contributed by atoms with E-state index in [9.17, 15) is 9.50 Å². The van der Waals surface area contributed by atoms with Crippen LogP contribution in [0.5, 0.6) is 11.5 Å². The summed E-state index contributed by atoms with van der Waals surface area (Å²) in [6, 6.07) is 11.6. The summed E-state index contributed by atoms with van der Waals surface area (Å²) in [7, 11) is 1.52.